The molecule has 0 spiro atoms. The van der Waals surface area contributed by atoms with E-state index in [0.717, 1.165) is 33.8 Å². The van der Waals surface area contributed by atoms with Gasteiger partial charge >= 0.3 is 6.03 Å². The number of methoxy groups -OCH3 is 1. The van der Waals surface area contributed by atoms with Crippen LogP contribution in [-0.2, 0) is 0 Å². The van der Waals surface area contributed by atoms with Crippen LogP contribution in [0.5, 0.6) is 5.75 Å². The van der Waals surface area contributed by atoms with Crippen molar-refractivity contribution in [3.63, 3.8) is 0 Å². The molecule has 4 nitrogen and oxygen atoms in total. The van der Waals surface area contributed by atoms with E-state index in [4.69, 9.17) is 4.74 Å². The predicted molar refractivity (Wildman–Crippen MR) is 99.7 cm³/mol. The van der Waals surface area contributed by atoms with E-state index >= 15 is 0 Å². The third-order valence-electron chi connectivity index (χ3n) is 4.48. The maximum Gasteiger partial charge on any atom is 0.320 e. The van der Waals surface area contributed by atoms with Crippen LogP contribution in [0.4, 0.5) is 4.79 Å². The van der Waals surface area contributed by atoms with Gasteiger partial charge in [-0.2, -0.15) is 0 Å². The topological polar surface area (TPSA) is 50.4 Å². The van der Waals surface area contributed by atoms with Crippen LogP contribution in [-0.4, -0.2) is 26.7 Å². The third kappa shape index (κ3) is 2.47. The van der Waals surface area contributed by atoms with Crippen LogP contribution in [0.3, 0.4) is 0 Å². The van der Waals surface area contributed by atoms with Gasteiger partial charge in [0.15, 0.2) is 0 Å². The molecule has 0 bridgehead atoms. The molecule has 1 unspecified atom stereocenters. The van der Waals surface area contributed by atoms with Gasteiger partial charge in [-0.1, -0.05) is 30.3 Å². The number of benzene rings is 2. The van der Waals surface area contributed by atoms with Crippen molar-refractivity contribution < 1.29 is 9.53 Å². The number of hydrogen-bond donors (Lipinski definition) is 2. The summed E-state index contributed by atoms with van der Waals surface area (Å²) >= 11 is 1.81. The summed E-state index contributed by atoms with van der Waals surface area (Å²) < 4.78 is 5.35. The Morgan fingerprint density at radius 1 is 1.25 bits per heavy atom. The molecule has 2 aliphatic heterocycles. The Morgan fingerprint density at radius 2 is 2.08 bits per heavy atom. The number of carbonyl (C=O) groups excluding carboxylic acids is 1. The van der Waals surface area contributed by atoms with Crippen LogP contribution in [0.2, 0.25) is 0 Å². The van der Waals surface area contributed by atoms with E-state index in [9.17, 15) is 4.79 Å². The molecular weight excluding hydrogens is 319 g/mol. The average Bonchev–Trinajstić information content (AvgIpc) is 2.61. The molecule has 2 amide bonds. The molecule has 0 radical (unpaired) electrons. The van der Waals surface area contributed by atoms with E-state index in [1.807, 2.05) is 43.9 Å². The molecule has 0 aliphatic carbocycles. The van der Waals surface area contributed by atoms with Crippen molar-refractivity contribution >= 4 is 36.8 Å². The first kappa shape index (κ1) is 15.2. The van der Waals surface area contributed by atoms with Crippen molar-refractivity contribution in [3.05, 3.63) is 59.2 Å². The minimum absolute atomic E-state index is 0.112. The predicted octanol–water partition coefficient (Wildman–Crippen LogP) is 1.82. The molecule has 24 heavy (non-hydrogen) atoms. The second-order valence-corrected chi connectivity index (χ2v) is 6.96. The number of rotatable bonds is 2. The van der Waals surface area contributed by atoms with Gasteiger partial charge in [-0.25, -0.2) is 4.79 Å². The number of thioether (sulfide) groups is 1. The lowest BCUT2D eigenvalue weighted by Gasteiger charge is -2.34. The van der Waals surface area contributed by atoms with Crippen molar-refractivity contribution in [2.45, 2.75) is 10.9 Å². The second kappa shape index (κ2) is 5.94. The summed E-state index contributed by atoms with van der Waals surface area (Å²) in [5.41, 5.74) is 5.41. The highest BCUT2D eigenvalue weighted by atomic mass is 32.2. The monoisotopic (exact) mass is 336 g/mol. The van der Waals surface area contributed by atoms with Crippen molar-refractivity contribution in [1.29, 1.82) is 0 Å². The standard InChI is InChI=1S/C18H17BN2O2S/c1-23-14-7-6-10(8-13(14)19)16-12-9-24-15-5-3-2-4-11(15)17(12)21-18(22)20-16/h2-8,16H,9,19H2,1H3,(H2,20,21,22). The van der Waals surface area contributed by atoms with Crippen molar-refractivity contribution in [2.75, 3.05) is 12.9 Å². The Morgan fingerprint density at radius 3 is 2.88 bits per heavy atom. The zero-order valence-electron chi connectivity index (χ0n) is 13.6. The molecule has 4 rings (SSSR count). The average molecular weight is 336 g/mol. The Hall–Kier alpha value is -2.34. The molecule has 0 saturated heterocycles. The summed E-state index contributed by atoms with van der Waals surface area (Å²) in [7, 11) is 3.69. The number of ether oxygens (including phenoxy) is 1. The van der Waals surface area contributed by atoms with Crippen molar-refractivity contribution in [2.24, 2.45) is 0 Å². The Balaban J connectivity index is 1.82. The van der Waals surface area contributed by atoms with E-state index in [1.54, 1.807) is 7.11 Å². The lowest BCUT2D eigenvalue weighted by Crippen LogP contribution is -2.44. The van der Waals surface area contributed by atoms with E-state index in [1.165, 1.54) is 10.5 Å². The number of urea groups is 1. The van der Waals surface area contributed by atoms with Gasteiger partial charge in [0.1, 0.15) is 13.6 Å². The molecule has 2 aromatic rings. The van der Waals surface area contributed by atoms with E-state index in [2.05, 4.69) is 28.8 Å². The number of hydrogen-bond acceptors (Lipinski definition) is 3. The van der Waals surface area contributed by atoms with Gasteiger partial charge < -0.3 is 15.4 Å². The quantitative estimate of drug-likeness (QED) is 0.823. The molecule has 2 N–H and O–H groups in total. The highest BCUT2D eigenvalue weighted by Crippen LogP contribution is 2.41. The van der Waals surface area contributed by atoms with Gasteiger partial charge in [-0.05, 0) is 28.7 Å². The van der Waals surface area contributed by atoms with Crippen molar-refractivity contribution in [1.82, 2.24) is 10.6 Å². The van der Waals surface area contributed by atoms with Crippen LogP contribution >= 0.6 is 11.8 Å². The minimum atomic E-state index is -0.158. The normalized spacial score (nSPS) is 19.0. The van der Waals surface area contributed by atoms with Crippen molar-refractivity contribution in [3.8, 4) is 5.75 Å². The molecule has 120 valence electrons. The molecule has 0 saturated carbocycles. The fourth-order valence-electron chi connectivity index (χ4n) is 3.31. The number of fused-ring (bicyclic) bond motifs is 2. The van der Waals surface area contributed by atoms with E-state index < -0.39 is 0 Å². The first-order valence-electron chi connectivity index (χ1n) is 7.84. The largest absolute Gasteiger partial charge is 0.497 e. The maximum atomic E-state index is 12.2. The van der Waals surface area contributed by atoms with Crippen LogP contribution in [0.15, 0.2) is 52.9 Å². The Kier molecular flexibility index (Phi) is 3.77. The van der Waals surface area contributed by atoms with E-state index in [-0.39, 0.29) is 12.1 Å². The second-order valence-electron chi connectivity index (χ2n) is 5.95. The van der Waals surface area contributed by atoms with Gasteiger partial charge in [0.2, 0.25) is 0 Å². The summed E-state index contributed by atoms with van der Waals surface area (Å²) in [4.78, 5) is 13.4. The van der Waals surface area contributed by atoms with E-state index in [0.29, 0.717) is 0 Å². The molecule has 6 heteroatoms. The molecule has 0 aromatic heterocycles. The number of carbonyl (C=O) groups is 1. The van der Waals surface area contributed by atoms with Gasteiger partial charge in [-0.15, -0.1) is 11.8 Å². The van der Waals surface area contributed by atoms with Crippen LogP contribution in [0.1, 0.15) is 17.2 Å². The lowest BCUT2D eigenvalue weighted by atomic mass is 9.88. The summed E-state index contributed by atoms with van der Waals surface area (Å²) in [6, 6.07) is 14.0. The highest BCUT2D eigenvalue weighted by Gasteiger charge is 2.32. The molecule has 2 aliphatic rings. The van der Waals surface area contributed by atoms with Gasteiger partial charge in [0.05, 0.1) is 18.8 Å². The summed E-state index contributed by atoms with van der Waals surface area (Å²) in [6.07, 6.45) is 0. The van der Waals surface area contributed by atoms with Crippen LogP contribution in [0, 0.1) is 0 Å². The molecular formula is C18H17BN2O2S. The fourth-order valence-corrected chi connectivity index (χ4v) is 4.43. The smallest absolute Gasteiger partial charge is 0.320 e. The minimum Gasteiger partial charge on any atom is -0.497 e. The summed E-state index contributed by atoms with van der Waals surface area (Å²) in [6.45, 7) is 0. The SMILES string of the molecule is Bc1cc(C2NC(=O)NC3=C2CSc2ccccc23)ccc1OC. The Bertz CT molecular complexity index is 866. The lowest BCUT2D eigenvalue weighted by molar-refractivity contribution is 0.240. The number of amides is 2. The third-order valence-corrected chi connectivity index (χ3v) is 5.60. The first-order valence-corrected chi connectivity index (χ1v) is 8.83. The molecule has 2 aromatic carbocycles. The summed E-state index contributed by atoms with van der Waals surface area (Å²) in [5, 5.41) is 6.07. The van der Waals surface area contributed by atoms with Gasteiger partial charge in [0.25, 0.3) is 0 Å². The van der Waals surface area contributed by atoms with Crippen LogP contribution < -0.4 is 20.8 Å². The highest BCUT2D eigenvalue weighted by molar-refractivity contribution is 7.99. The van der Waals surface area contributed by atoms with Gasteiger partial charge in [0, 0.05) is 16.2 Å². The molecule has 0 fully saturated rings. The zero-order chi connectivity index (χ0) is 16.7. The Labute approximate surface area is 146 Å². The summed E-state index contributed by atoms with van der Waals surface area (Å²) in [5.74, 6) is 1.71. The molecule has 1 atom stereocenters. The van der Waals surface area contributed by atoms with Crippen LogP contribution in [0.25, 0.3) is 5.70 Å². The fraction of sp³-hybridized carbons (Fsp3) is 0.167. The zero-order valence-corrected chi connectivity index (χ0v) is 14.4. The number of nitrogens with one attached hydrogen (secondary N) is 2. The first-order chi connectivity index (χ1) is 11.7. The maximum absolute atomic E-state index is 12.2. The van der Waals surface area contributed by atoms with Gasteiger partial charge in [-0.3, -0.25) is 0 Å². The molecule has 2 heterocycles.